The van der Waals surface area contributed by atoms with Crippen molar-refractivity contribution in [3.05, 3.63) is 27.5 Å². The number of fused-ring (bicyclic) bond motifs is 5. The Balaban J connectivity index is 1.68. The molecule has 0 saturated carbocycles. The molecule has 0 saturated heterocycles. The third-order valence-corrected chi connectivity index (χ3v) is 7.70. The molecule has 146 valence electrons. The standard InChI is InChI=1S/C20H23ClN6S/c1-10-15(21)16(24-26(10)5)17-23-18-14-12-7-6-11(20(2,3)4)8-13(12)28-19(14)22-9-27(18)25-17/h9,11H,6-8H2,1-5H3/t11-/m0/s1. The number of aryl methyl sites for hydroxylation is 2. The fourth-order valence-corrected chi connectivity index (χ4v) is 5.65. The van der Waals surface area contributed by atoms with Crippen LogP contribution in [0.2, 0.25) is 5.02 Å². The summed E-state index contributed by atoms with van der Waals surface area (Å²) in [7, 11) is 1.88. The van der Waals surface area contributed by atoms with Gasteiger partial charge in [-0.25, -0.2) is 14.5 Å². The molecule has 0 bridgehead atoms. The summed E-state index contributed by atoms with van der Waals surface area (Å²) < 4.78 is 3.52. The Morgan fingerprint density at radius 1 is 1.25 bits per heavy atom. The van der Waals surface area contributed by atoms with E-state index in [9.17, 15) is 0 Å². The highest BCUT2D eigenvalue weighted by atomic mass is 35.5. The van der Waals surface area contributed by atoms with Gasteiger partial charge in [0, 0.05) is 11.9 Å². The van der Waals surface area contributed by atoms with Crippen molar-refractivity contribution in [2.75, 3.05) is 0 Å². The van der Waals surface area contributed by atoms with Gasteiger partial charge in [0.15, 0.2) is 11.3 Å². The zero-order valence-electron chi connectivity index (χ0n) is 16.7. The molecule has 0 spiro atoms. The lowest BCUT2D eigenvalue weighted by Crippen LogP contribution is -2.26. The summed E-state index contributed by atoms with van der Waals surface area (Å²) in [4.78, 5) is 12.0. The molecule has 4 aromatic rings. The average Bonchev–Trinajstić information content (AvgIpc) is 3.29. The van der Waals surface area contributed by atoms with Crippen molar-refractivity contribution < 1.29 is 0 Å². The first kappa shape index (κ1) is 18.1. The highest BCUT2D eigenvalue weighted by molar-refractivity contribution is 7.19. The quantitative estimate of drug-likeness (QED) is 0.446. The zero-order chi connectivity index (χ0) is 19.8. The number of hydrogen-bond donors (Lipinski definition) is 0. The Morgan fingerprint density at radius 2 is 2.04 bits per heavy atom. The molecule has 5 rings (SSSR count). The van der Waals surface area contributed by atoms with Crippen molar-refractivity contribution in [3.63, 3.8) is 0 Å². The Bertz CT molecular complexity index is 1230. The maximum Gasteiger partial charge on any atom is 0.204 e. The molecule has 0 radical (unpaired) electrons. The maximum atomic E-state index is 6.46. The molecule has 1 aliphatic rings. The van der Waals surface area contributed by atoms with Crippen LogP contribution in [0.4, 0.5) is 0 Å². The fourth-order valence-electron chi connectivity index (χ4n) is 4.14. The minimum atomic E-state index is 0.326. The van der Waals surface area contributed by atoms with E-state index in [4.69, 9.17) is 16.6 Å². The summed E-state index contributed by atoms with van der Waals surface area (Å²) in [6, 6.07) is 0. The largest absolute Gasteiger partial charge is 0.271 e. The van der Waals surface area contributed by atoms with Crippen LogP contribution in [-0.4, -0.2) is 29.4 Å². The highest BCUT2D eigenvalue weighted by Gasteiger charge is 2.32. The minimum absolute atomic E-state index is 0.326. The predicted molar refractivity (Wildman–Crippen MR) is 113 cm³/mol. The Labute approximate surface area is 172 Å². The highest BCUT2D eigenvalue weighted by Crippen LogP contribution is 2.43. The van der Waals surface area contributed by atoms with E-state index in [1.165, 1.54) is 16.9 Å². The van der Waals surface area contributed by atoms with Crippen LogP contribution < -0.4 is 0 Å². The van der Waals surface area contributed by atoms with Crippen LogP contribution in [0, 0.1) is 18.3 Å². The molecule has 4 heterocycles. The van der Waals surface area contributed by atoms with E-state index in [1.54, 1.807) is 15.5 Å². The van der Waals surface area contributed by atoms with Gasteiger partial charge in [-0.3, -0.25) is 4.68 Å². The number of rotatable bonds is 1. The van der Waals surface area contributed by atoms with Gasteiger partial charge in [0.2, 0.25) is 5.82 Å². The van der Waals surface area contributed by atoms with E-state index in [0.717, 1.165) is 34.4 Å². The van der Waals surface area contributed by atoms with E-state index in [0.29, 0.717) is 27.9 Å². The molecule has 0 unspecified atom stereocenters. The van der Waals surface area contributed by atoms with Gasteiger partial charge in [0.05, 0.1) is 16.1 Å². The number of hydrogen-bond acceptors (Lipinski definition) is 5. The molecule has 8 heteroatoms. The van der Waals surface area contributed by atoms with Crippen molar-refractivity contribution in [3.8, 4) is 11.5 Å². The van der Waals surface area contributed by atoms with E-state index in [-0.39, 0.29) is 0 Å². The van der Waals surface area contributed by atoms with Gasteiger partial charge in [-0.05, 0) is 43.1 Å². The summed E-state index contributed by atoms with van der Waals surface area (Å²) in [6.07, 6.45) is 5.15. The molecule has 0 aromatic carbocycles. The smallest absolute Gasteiger partial charge is 0.204 e. The molecule has 0 fully saturated rings. The molecule has 4 aromatic heterocycles. The molecule has 0 N–H and O–H groups in total. The first-order chi connectivity index (χ1) is 13.2. The van der Waals surface area contributed by atoms with Gasteiger partial charge in [0.1, 0.15) is 11.2 Å². The van der Waals surface area contributed by atoms with Gasteiger partial charge < -0.3 is 0 Å². The predicted octanol–water partition coefficient (Wildman–Crippen LogP) is 4.85. The van der Waals surface area contributed by atoms with Crippen LogP contribution in [0.15, 0.2) is 6.33 Å². The second-order valence-corrected chi connectivity index (χ2v) is 10.3. The third kappa shape index (κ3) is 2.59. The Kier molecular flexibility index (Phi) is 3.87. The summed E-state index contributed by atoms with van der Waals surface area (Å²) in [5.74, 6) is 1.25. The van der Waals surface area contributed by atoms with Crippen LogP contribution in [-0.2, 0) is 19.9 Å². The number of halogens is 1. The lowest BCUT2D eigenvalue weighted by atomic mass is 9.72. The topological polar surface area (TPSA) is 60.9 Å². The van der Waals surface area contributed by atoms with Crippen LogP contribution in [0.1, 0.15) is 43.3 Å². The molecular weight excluding hydrogens is 392 g/mol. The van der Waals surface area contributed by atoms with Crippen molar-refractivity contribution >= 4 is 38.8 Å². The van der Waals surface area contributed by atoms with Crippen LogP contribution >= 0.6 is 22.9 Å². The summed E-state index contributed by atoms with van der Waals surface area (Å²) in [5, 5.41) is 10.9. The van der Waals surface area contributed by atoms with Crippen molar-refractivity contribution in [1.82, 2.24) is 29.4 Å². The first-order valence-corrected chi connectivity index (χ1v) is 10.8. The first-order valence-electron chi connectivity index (χ1n) is 9.59. The van der Waals surface area contributed by atoms with E-state index in [2.05, 4.69) is 36.0 Å². The molecule has 28 heavy (non-hydrogen) atoms. The summed E-state index contributed by atoms with van der Waals surface area (Å²) in [6.45, 7) is 8.97. The van der Waals surface area contributed by atoms with Crippen LogP contribution in [0.3, 0.4) is 0 Å². The van der Waals surface area contributed by atoms with E-state index < -0.39 is 0 Å². The normalized spacial score (nSPS) is 17.6. The lowest BCUT2D eigenvalue weighted by Gasteiger charge is -2.33. The Hall–Kier alpha value is -1.99. The number of nitrogens with zero attached hydrogens (tertiary/aromatic N) is 6. The third-order valence-electron chi connectivity index (χ3n) is 6.08. The van der Waals surface area contributed by atoms with Gasteiger partial charge in [-0.15, -0.1) is 16.4 Å². The lowest BCUT2D eigenvalue weighted by molar-refractivity contribution is 0.218. The summed E-state index contributed by atoms with van der Waals surface area (Å²) in [5.41, 5.74) is 4.11. The van der Waals surface area contributed by atoms with Gasteiger partial charge in [-0.2, -0.15) is 5.10 Å². The van der Waals surface area contributed by atoms with Crippen molar-refractivity contribution in [2.45, 2.75) is 47.0 Å². The van der Waals surface area contributed by atoms with E-state index >= 15 is 0 Å². The zero-order valence-corrected chi connectivity index (χ0v) is 18.3. The Morgan fingerprint density at radius 3 is 2.71 bits per heavy atom. The molecule has 1 atom stereocenters. The van der Waals surface area contributed by atoms with E-state index in [1.807, 2.05) is 25.3 Å². The second kappa shape index (κ2) is 6.00. The number of thiophene rings is 1. The SMILES string of the molecule is Cc1c(Cl)c(-c2nc3c4c5c(sc4ncn3n2)C[C@@H](C(C)(C)C)CC5)nn1C. The van der Waals surface area contributed by atoms with Crippen molar-refractivity contribution in [2.24, 2.45) is 18.4 Å². The molecule has 6 nitrogen and oxygen atoms in total. The van der Waals surface area contributed by atoms with Gasteiger partial charge >= 0.3 is 0 Å². The van der Waals surface area contributed by atoms with Gasteiger partial charge in [-0.1, -0.05) is 32.4 Å². The molecular formula is C20H23ClN6S. The average molecular weight is 415 g/mol. The van der Waals surface area contributed by atoms with Crippen LogP contribution in [0.25, 0.3) is 27.4 Å². The molecule has 0 amide bonds. The summed E-state index contributed by atoms with van der Waals surface area (Å²) >= 11 is 8.27. The monoisotopic (exact) mass is 414 g/mol. The van der Waals surface area contributed by atoms with Crippen LogP contribution in [0.5, 0.6) is 0 Å². The fraction of sp³-hybridized carbons (Fsp3) is 0.500. The second-order valence-electron chi connectivity index (χ2n) is 8.81. The molecule has 0 aliphatic heterocycles. The van der Waals surface area contributed by atoms with Gasteiger partial charge in [0.25, 0.3) is 0 Å². The maximum absolute atomic E-state index is 6.46. The minimum Gasteiger partial charge on any atom is -0.271 e. The molecule has 1 aliphatic carbocycles. The van der Waals surface area contributed by atoms with Crippen molar-refractivity contribution in [1.29, 1.82) is 0 Å². The number of aromatic nitrogens is 6.